The van der Waals surface area contributed by atoms with E-state index in [1.54, 1.807) is 13.2 Å². The number of likely N-dealkylation sites (N-methyl/N-ethyl adjacent to an activating group) is 1. The Bertz CT molecular complexity index is 411. The molecule has 1 aromatic rings. The Morgan fingerprint density at radius 1 is 1.59 bits per heavy atom. The minimum absolute atomic E-state index is 0.244. The highest BCUT2D eigenvalue weighted by molar-refractivity contribution is 7.80. The van der Waals surface area contributed by atoms with E-state index in [0.29, 0.717) is 16.6 Å². The van der Waals surface area contributed by atoms with Crippen LogP contribution in [-0.4, -0.2) is 31.8 Å². The highest BCUT2D eigenvalue weighted by atomic mass is 35.5. The number of benzene rings is 1. The summed E-state index contributed by atoms with van der Waals surface area (Å²) in [6, 6.07) is 5.82. The van der Waals surface area contributed by atoms with E-state index in [2.05, 4.69) is 11.8 Å². The summed E-state index contributed by atoms with van der Waals surface area (Å²) in [6.45, 7) is 2.71. The molecule has 0 aliphatic rings. The van der Waals surface area contributed by atoms with E-state index in [1.165, 1.54) is 0 Å². The predicted octanol–water partition coefficient (Wildman–Crippen LogP) is 2.45. The van der Waals surface area contributed by atoms with Crippen molar-refractivity contribution in [1.29, 1.82) is 0 Å². The highest BCUT2D eigenvalue weighted by Gasteiger charge is 2.13. The van der Waals surface area contributed by atoms with Crippen molar-refractivity contribution in [3.05, 3.63) is 28.8 Å². The van der Waals surface area contributed by atoms with E-state index in [-0.39, 0.29) is 6.04 Å². The molecule has 2 N–H and O–H groups in total. The van der Waals surface area contributed by atoms with Crippen LogP contribution < -0.4 is 10.6 Å². The van der Waals surface area contributed by atoms with Crippen molar-refractivity contribution in [3.8, 4) is 0 Å². The Labute approximate surface area is 112 Å². The topological polar surface area (TPSA) is 38.5 Å². The lowest BCUT2D eigenvalue weighted by Crippen LogP contribution is -2.32. The molecule has 1 unspecified atom stereocenters. The van der Waals surface area contributed by atoms with E-state index in [4.69, 9.17) is 34.3 Å². The Kier molecular flexibility index (Phi) is 5.18. The van der Waals surface area contributed by atoms with E-state index < -0.39 is 0 Å². The molecule has 1 atom stereocenters. The Balaban J connectivity index is 2.95. The van der Waals surface area contributed by atoms with Gasteiger partial charge in [-0.05, 0) is 25.1 Å². The van der Waals surface area contributed by atoms with E-state index >= 15 is 0 Å². The highest BCUT2D eigenvalue weighted by Crippen LogP contribution is 2.27. The minimum Gasteiger partial charge on any atom is -0.389 e. The Hall–Kier alpha value is -0.840. The summed E-state index contributed by atoms with van der Waals surface area (Å²) in [7, 11) is 3.66. The van der Waals surface area contributed by atoms with Crippen LogP contribution in [0.4, 0.5) is 5.69 Å². The molecule has 0 saturated carbocycles. The van der Waals surface area contributed by atoms with Crippen LogP contribution in [0.2, 0.25) is 5.02 Å². The third-order valence-corrected chi connectivity index (χ3v) is 3.22. The van der Waals surface area contributed by atoms with Gasteiger partial charge in [-0.15, -0.1) is 0 Å². The fraction of sp³-hybridized carbons (Fsp3) is 0.417. The van der Waals surface area contributed by atoms with Gasteiger partial charge < -0.3 is 15.4 Å². The van der Waals surface area contributed by atoms with Crippen molar-refractivity contribution in [3.63, 3.8) is 0 Å². The summed E-state index contributed by atoms with van der Waals surface area (Å²) in [6.07, 6.45) is 0. The molecule has 0 aliphatic heterocycles. The van der Waals surface area contributed by atoms with Gasteiger partial charge in [-0.1, -0.05) is 23.8 Å². The Morgan fingerprint density at radius 2 is 2.24 bits per heavy atom. The van der Waals surface area contributed by atoms with Crippen LogP contribution in [-0.2, 0) is 4.74 Å². The molecule has 0 fully saturated rings. The maximum Gasteiger partial charge on any atom is 0.104 e. The van der Waals surface area contributed by atoms with Crippen LogP contribution >= 0.6 is 23.8 Å². The minimum atomic E-state index is 0.244. The van der Waals surface area contributed by atoms with Gasteiger partial charge in [0.2, 0.25) is 0 Å². The zero-order valence-electron chi connectivity index (χ0n) is 10.2. The number of rotatable bonds is 5. The molecular weight excluding hydrogens is 256 g/mol. The molecule has 94 valence electrons. The zero-order valence-corrected chi connectivity index (χ0v) is 11.8. The number of nitrogens with two attached hydrogens (primary N) is 1. The molecule has 0 aromatic heterocycles. The molecule has 0 aliphatic carbocycles. The van der Waals surface area contributed by atoms with Gasteiger partial charge in [0.25, 0.3) is 0 Å². The number of hydrogen-bond acceptors (Lipinski definition) is 3. The van der Waals surface area contributed by atoms with Gasteiger partial charge in [-0.25, -0.2) is 0 Å². The molecule has 0 heterocycles. The van der Waals surface area contributed by atoms with Gasteiger partial charge in [0.15, 0.2) is 0 Å². The van der Waals surface area contributed by atoms with Crippen LogP contribution in [0.15, 0.2) is 18.2 Å². The summed E-state index contributed by atoms with van der Waals surface area (Å²) >= 11 is 11.1. The fourth-order valence-electron chi connectivity index (χ4n) is 1.54. The summed E-state index contributed by atoms with van der Waals surface area (Å²) in [4.78, 5) is 2.42. The predicted molar refractivity (Wildman–Crippen MR) is 77.1 cm³/mol. The van der Waals surface area contributed by atoms with Crippen molar-refractivity contribution in [2.24, 2.45) is 5.73 Å². The average molecular weight is 273 g/mol. The number of nitrogens with zero attached hydrogens (tertiary/aromatic N) is 1. The summed E-state index contributed by atoms with van der Waals surface area (Å²) in [5.41, 5.74) is 7.28. The second kappa shape index (κ2) is 6.19. The summed E-state index contributed by atoms with van der Waals surface area (Å²) < 4.78 is 5.12. The van der Waals surface area contributed by atoms with Gasteiger partial charge in [0.05, 0.1) is 17.3 Å². The SMILES string of the molecule is COCC(C)N(C)c1ccc(C(N)=S)cc1Cl. The third kappa shape index (κ3) is 3.56. The van der Waals surface area contributed by atoms with Crippen LogP contribution in [0.5, 0.6) is 0 Å². The van der Waals surface area contributed by atoms with Crippen molar-refractivity contribution >= 4 is 34.5 Å². The van der Waals surface area contributed by atoms with Gasteiger partial charge >= 0.3 is 0 Å². The summed E-state index contributed by atoms with van der Waals surface area (Å²) in [5.74, 6) is 0. The normalized spacial score (nSPS) is 12.2. The molecule has 1 aromatic carbocycles. The second-order valence-electron chi connectivity index (χ2n) is 3.95. The summed E-state index contributed by atoms with van der Waals surface area (Å²) in [5, 5.41) is 0.640. The maximum absolute atomic E-state index is 6.21. The first-order valence-corrected chi connectivity index (χ1v) is 6.07. The molecule has 0 saturated heterocycles. The number of hydrogen-bond donors (Lipinski definition) is 1. The fourth-order valence-corrected chi connectivity index (χ4v) is 1.98. The van der Waals surface area contributed by atoms with Gasteiger partial charge in [0.1, 0.15) is 4.99 Å². The van der Waals surface area contributed by atoms with Crippen LogP contribution in [0.1, 0.15) is 12.5 Å². The number of thiocarbonyl (C=S) groups is 1. The molecule has 3 nitrogen and oxygen atoms in total. The van der Waals surface area contributed by atoms with Crippen LogP contribution in [0, 0.1) is 0 Å². The lowest BCUT2D eigenvalue weighted by molar-refractivity contribution is 0.183. The van der Waals surface area contributed by atoms with Crippen molar-refractivity contribution < 1.29 is 4.74 Å². The molecule has 0 spiro atoms. The van der Waals surface area contributed by atoms with Crippen molar-refractivity contribution in [2.75, 3.05) is 25.7 Å². The lowest BCUT2D eigenvalue weighted by atomic mass is 10.1. The average Bonchev–Trinajstić information content (AvgIpc) is 2.28. The van der Waals surface area contributed by atoms with E-state index in [0.717, 1.165) is 11.3 Å². The van der Waals surface area contributed by atoms with Gasteiger partial charge in [0, 0.05) is 25.8 Å². The van der Waals surface area contributed by atoms with Crippen molar-refractivity contribution in [2.45, 2.75) is 13.0 Å². The van der Waals surface area contributed by atoms with Crippen LogP contribution in [0.25, 0.3) is 0 Å². The first-order chi connectivity index (χ1) is 7.97. The molecule has 1 rings (SSSR count). The number of halogens is 1. The monoisotopic (exact) mass is 272 g/mol. The van der Waals surface area contributed by atoms with E-state index in [1.807, 2.05) is 19.2 Å². The number of ether oxygens (including phenoxy) is 1. The van der Waals surface area contributed by atoms with Gasteiger partial charge in [-0.3, -0.25) is 0 Å². The van der Waals surface area contributed by atoms with Gasteiger partial charge in [-0.2, -0.15) is 0 Å². The lowest BCUT2D eigenvalue weighted by Gasteiger charge is -2.27. The number of anilines is 1. The molecule has 0 bridgehead atoms. The van der Waals surface area contributed by atoms with Crippen molar-refractivity contribution in [1.82, 2.24) is 0 Å². The zero-order chi connectivity index (χ0) is 13.0. The largest absolute Gasteiger partial charge is 0.389 e. The molecule has 5 heteroatoms. The molecule has 17 heavy (non-hydrogen) atoms. The quantitative estimate of drug-likeness (QED) is 0.836. The second-order valence-corrected chi connectivity index (χ2v) is 4.79. The molecule has 0 radical (unpaired) electrons. The standard InChI is InChI=1S/C12H17ClN2OS/c1-8(7-16-3)15(2)11-5-4-9(12(14)17)6-10(11)13/h4-6,8H,7H2,1-3H3,(H2,14,17). The van der Waals surface area contributed by atoms with Crippen LogP contribution in [0.3, 0.4) is 0 Å². The number of methoxy groups -OCH3 is 1. The Morgan fingerprint density at radius 3 is 2.71 bits per heavy atom. The molecular formula is C12H17ClN2OS. The first-order valence-electron chi connectivity index (χ1n) is 5.28. The molecule has 0 amide bonds. The van der Waals surface area contributed by atoms with E-state index in [9.17, 15) is 0 Å². The smallest absolute Gasteiger partial charge is 0.104 e. The third-order valence-electron chi connectivity index (χ3n) is 2.68. The first kappa shape index (κ1) is 14.2. The maximum atomic E-state index is 6.21.